The summed E-state index contributed by atoms with van der Waals surface area (Å²) >= 11 is 6.08. The van der Waals surface area contributed by atoms with Crippen molar-refractivity contribution in [3.05, 3.63) is 70.9 Å². The predicted molar refractivity (Wildman–Crippen MR) is 96.9 cm³/mol. The monoisotopic (exact) mass is 360 g/mol. The number of sulfonamides is 1. The van der Waals surface area contributed by atoms with Crippen molar-refractivity contribution in [1.29, 1.82) is 0 Å². The largest absolute Gasteiger partial charge is 0.342 e. The van der Waals surface area contributed by atoms with E-state index in [2.05, 4.69) is 15.4 Å². The average molecular weight is 361 g/mol. The maximum absolute atomic E-state index is 11.9. The van der Waals surface area contributed by atoms with E-state index in [1.54, 1.807) is 0 Å². The molecule has 0 amide bonds. The van der Waals surface area contributed by atoms with Crippen LogP contribution in [0.25, 0.3) is 10.9 Å². The van der Waals surface area contributed by atoms with E-state index >= 15 is 0 Å². The maximum Gasteiger partial charge on any atom is 0.209 e. The number of halogens is 1. The van der Waals surface area contributed by atoms with Gasteiger partial charge in [-0.1, -0.05) is 35.9 Å². The van der Waals surface area contributed by atoms with E-state index in [0.717, 1.165) is 22.9 Å². The second-order valence-corrected chi connectivity index (χ2v) is 8.48. The lowest BCUT2D eigenvalue weighted by Crippen LogP contribution is -2.31. The van der Waals surface area contributed by atoms with E-state index in [1.165, 1.54) is 11.8 Å². The van der Waals surface area contributed by atoms with E-state index in [4.69, 9.17) is 11.6 Å². The van der Waals surface area contributed by atoms with E-state index in [-0.39, 0.29) is 12.1 Å². The Hall–Kier alpha value is -1.82. The molecule has 0 radical (unpaired) electrons. The fourth-order valence-corrected chi connectivity index (χ4v) is 4.56. The molecule has 0 bridgehead atoms. The summed E-state index contributed by atoms with van der Waals surface area (Å²) in [5.41, 5.74) is 3.28. The number of benzene rings is 2. The van der Waals surface area contributed by atoms with Crippen LogP contribution in [0.5, 0.6) is 0 Å². The molecule has 1 heterocycles. The van der Waals surface area contributed by atoms with E-state index < -0.39 is 10.0 Å². The minimum absolute atomic E-state index is 0.00389. The normalized spacial score (nSPS) is 20.4. The molecule has 0 saturated carbocycles. The maximum atomic E-state index is 11.9. The summed E-state index contributed by atoms with van der Waals surface area (Å²) in [5.74, 6) is 0. The molecule has 1 aliphatic rings. The molecule has 0 saturated heterocycles. The Bertz CT molecular complexity index is 1030. The fraction of sp³-hybridized carbons (Fsp3) is 0.222. The lowest BCUT2D eigenvalue weighted by atomic mass is 10.1. The van der Waals surface area contributed by atoms with Crippen molar-refractivity contribution >= 4 is 32.5 Å². The molecule has 4 nitrogen and oxygen atoms in total. The van der Waals surface area contributed by atoms with Crippen LogP contribution in [-0.4, -0.2) is 19.2 Å². The highest BCUT2D eigenvalue weighted by Gasteiger charge is 2.35. The summed E-state index contributed by atoms with van der Waals surface area (Å²) in [4.78, 5) is 0. The molecular formula is C18H17ClN2O2S. The van der Waals surface area contributed by atoms with Gasteiger partial charge in [0.15, 0.2) is 0 Å². The van der Waals surface area contributed by atoms with Crippen LogP contribution >= 0.6 is 11.6 Å². The highest BCUT2D eigenvalue weighted by Crippen LogP contribution is 2.41. The van der Waals surface area contributed by atoms with Gasteiger partial charge in [0.25, 0.3) is 0 Å². The molecule has 0 unspecified atom stereocenters. The average Bonchev–Trinajstić information content (AvgIpc) is 3.07. The Morgan fingerprint density at radius 2 is 1.96 bits per heavy atom. The SMILES string of the molecule is CS(=O)(=O)N[C@@H]1c2ccccc2C[C@H]1n1ccc2cc(Cl)ccc21. The topological polar surface area (TPSA) is 51.1 Å². The fourth-order valence-electron chi connectivity index (χ4n) is 3.63. The highest BCUT2D eigenvalue weighted by atomic mass is 35.5. The Balaban J connectivity index is 1.84. The first-order valence-corrected chi connectivity index (χ1v) is 10.0. The number of hydrogen-bond acceptors (Lipinski definition) is 2. The van der Waals surface area contributed by atoms with Crippen molar-refractivity contribution in [3.8, 4) is 0 Å². The third kappa shape index (κ3) is 2.73. The molecule has 24 heavy (non-hydrogen) atoms. The number of fused-ring (bicyclic) bond motifs is 2. The van der Waals surface area contributed by atoms with Gasteiger partial charge in [-0.2, -0.15) is 0 Å². The Morgan fingerprint density at radius 3 is 2.75 bits per heavy atom. The highest BCUT2D eigenvalue weighted by molar-refractivity contribution is 7.88. The zero-order valence-corrected chi connectivity index (χ0v) is 14.7. The minimum Gasteiger partial charge on any atom is -0.342 e. The lowest BCUT2D eigenvalue weighted by molar-refractivity contribution is 0.431. The van der Waals surface area contributed by atoms with Gasteiger partial charge in [0.2, 0.25) is 10.0 Å². The van der Waals surface area contributed by atoms with Crippen LogP contribution in [-0.2, 0) is 16.4 Å². The second kappa shape index (κ2) is 5.62. The van der Waals surface area contributed by atoms with E-state index in [9.17, 15) is 8.42 Å². The minimum atomic E-state index is -3.32. The van der Waals surface area contributed by atoms with Gasteiger partial charge in [0, 0.05) is 22.1 Å². The summed E-state index contributed by atoms with van der Waals surface area (Å²) in [5, 5.41) is 1.75. The zero-order chi connectivity index (χ0) is 16.9. The third-order valence-corrected chi connectivity index (χ3v) is 5.50. The molecule has 2 atom stereocenters. The van der Waals surface area contributed by atoms with Crippen molar-refractivity contribution in [3.63, 3.8) is 0 Å². The van der Waals surface area contributed by atoms with Gasteiger partial charge in [-0.25, -0.2) is 13.1 Å². The molecule has 0 fully saturated rings. The molecule has 1 aromatic heterocycles. The molecule has 124 valence electrons. The van der Waals surface area contributed by atoms with Crippen molar-refractivity contribution in [2.45, 2.75) is 18.5 Å². The van der Waals surface area contributed by atoms with Crippen LogP contribution in [0.2, 0.25) is 5.02 Å². The first kappa shape index (κ1) is 15.7. The molecule has 0 spiro atoms. The first-order valence-electron chi connectivity index (χ1n) is 7.73. The molecule has 2 aromatic carbocycles. The van der Waals surface area contributed by atoms with E-state index in [0.29, 0.717) is 5.02 Å². The smallest absolute Gasteiger partial charge is 0.209 e. The van der Waals surface area contributed by atoms with Gasteiger partial charge in [-0.3, -0.25) is 0 Å². The van der Waals surface area contributed by atoms with Gasteiger partial charge in [0.05, 0.1) is 18.3 Å². The van der Waals surface area contributed by atoms with Crippen LogP contribution in [0.4, 0.5) is 0 Å². The van der Waals surface area contributed by atoms with Crippen LogP contribution in [0, 0.1) is 0 Å². The quantitative estimate of drug-likeness (QED) is 0.774. The van der Waals surface area contributed by atoms with E-state index in [1.807, 2.05) is 48.7 Å². The molecule has 1 N–H and O–H groups in total. The van der Waals surface area contributed by atoms with Crippen molar-refractivity contribution in [2.75, 3.05) is 6.26 Å². The molecule has 6 heteroatoms. The molecule has 0 aliphatic heterocycles. The third-order valence-electron chi connectivity index (χ3n) is 4.58. The van der Waals surface area contributed by atoms with Crippen LogP contribution in [0.15, 0.2) is 54.7 Å². The van der Waals surface area contributed by atoms with Gasteiger partial charge in [-0.05, 0) is 41.8 Å². The van der Waals surface area contributed by atoms with Crippen molar-refractivity contribution in [2.24, 2.45) is 0 Å². The predicted octanol–water partition coefficient (Wildman–Crippen LogP) is 3.68. The van der Waals surface area contributed by atoms with Gasteiger partial charge in [-0.15, -0.1) is 0 Å². The van der Waals surface area contributed by atoms with Crippen molar-refractivity contribution in [1.82, 2.24) is 9.29 Å². The second-order valence-electron chi connectivity index (χ2n) is 6.26. The molecule has 4 rings (SSSR count). The van der Waals surface area contributed by atoms with Crippen LogP contribution in [0.1, 0.15) is 23.2 Å². The first-order chi connectivity index (χ1) is 11.4. The molecular weight excluding hydrogens is 344 g/mol. The molecule has 1 aliphatic carbocycles. The summed E-state index contributed by atoms with van der Waals surface area (Å²) < 4.78 is 28.7. The summed E-state index contributed by atoms with van der Waals surface area (Å²) in [6.45, 7) is 0. The van der Waals surface area contributed by atoms with Gasteiger partial charge in [0.1, 0.15) is 0 Å². The number of nitrogens with one attached hydrogen (secondary N) is 1. The Morgan fingerprint density at radius 1 is 1.17 bits per heavy atom. The Labute approximate surface area is 146 Å². The number of rotatable bonds is 3. The zero-order valence-electron chi connectivity index (χ0n) is 13.1. The number of aromatic nitrogens is 1. The summed E-state index contributed by atoms with van der Waals surface area (Å²) in [6, 6.07) is 15.5. The standard InChI is InChI=1S/C18H17ClN2O2S/c1-24(22,23)20-18-15-5-3-2-4-12(15)11-17(18)21-9-8-13-10-14(19)6-7-16(13)21/h2-10,17-18,20H,11H2,1H3/t17-,18-/m1/s1. The van der Waals surface area contributed by atoms with Gasteiger partial charge >= 0.3 is 0 Å². The van der Waals surface area contributed by atoms with Gasteiger partial charge < -0.3 is 4.57 Å². The lowest BCUT2D eigenvalue weighted by Gasteiger charge is -2.23. The summed E-state index contributed by atoms with van der Waals surface area (Å²) in [7, 11) is -3.32. The van der Waals surface area contributed by atoms with Crippen LogP contribution < -0.4 is 4.72 Å². The molecule has 3 aromatic rings. The van der Waals surface area contributed by atoms with Crippen molar-refractivity contribution < 1.29 is 8.42 Å². The Kier molecular flexibility index (Phi) is 3.67. The van der Waals surface area contributed by atoms with Crippen LogP contribution in [0.3, 0.4) is 0 Å². The summed E-state index contributed by atoms with van der Waals surface area (Å²) in [6.07, 6.45) is 4.00. The number of hydrogen-bond donors (Lipinski definition) is 1. The number of nitrogens with zero attached hydrogens (tertiary/aromatic N) is 1.